The molecule has 0 saturated heterocycles. The zero-order valence-corrected chi connectivity index (χ0v) is 15.2. The number of hydrogen-bond acceptors (Lipinski definition) is 5. The number of imide groups is 1. The Morgan fingerprint density at radius 2 is 1.84 bits per heavy atom. The van der Waals surface area contributed by atoms with Gasteiger partial charge in [0.25, 0.3) is 11.8 Å². The van der Waals surface area contributed by atoms with Gasteiger partial charge in [0.1, 0.15) is 6.04 Å². The monoisotopic (exact) mass is 377 g/mol. The van der Waals surface area contributed by atoms with Crippen molar-refractivity contribution in [2.75, 3.05) is 5.32 Å². The molecule has 1 N–H and O–H groups in total. The molecule has 0 aliphatic carbocycles. The molecule has 2 aromatic rings. The van der Waals surface area contributed by atoms with E-state index >= 15 is 0 Å². The molecule has 130 valence electrons. The van der Waals surface area contributed by atoms with Crippen LogP contribution in [-0.4, -0.2) is 33.6 Å². The molecule has 6 nitrogen and oxygen atoms in total. The van der Waals surface area contributed by atoms with Crippen LogP contribution in [0.2, 0.25) is 0 Å². The van der Waals surface area contributed by atoms with E-state index in [-0.39, 0.29) is 11.8 Å². The lowest BCUT2D eigenvalue weighted by atomic mass is 10.0. The van der Waals surface area contributed by atoms with Gasteiger partial charge in [0.15, 0.2) is 5.13 Å². The van der Waals surface area contributed by atoms with Crippen LogP contribution in [0.15, 0.2) is 29.6 Å². The largest absolute Gasteiger partial charge is 0.300 e. The van der Waals surface area contributed by atoms with Crippen LogP contribution < -0.4 is 5.32 Å². The van der Waals surface area contributed by atoms with Gasteiger partial charge in [-0.2, -0.15) is 0 Å². The Morgan fingerprint density at radius 1 is 1.24 bits per heavy atom. The fourth-order valence-corrected chi connectivity index (χ4v) is 3.73. The van der Waals surface area contributed by atoms with Crippen LogP contribution in [0.5, 0.6) is 0 Å². The van der Waals surface area contributed by atoms with E-state index in [9.17, 15) is 14.4 Å². The number of aromatic nitrogens is 1. The lowest BCUT2D eigenvalue weighted by Crippen LogP contribution is -2.50. The first-order valence-electron chi connectivity index (χ1n) is 7.72. The normalized spacial score (nSPS) is 14.8. The van der Waals surface area contributed by atoms with Gasteiger partial charge in [-0.15, -0.1) is 22.9 Å². The highest BCUT2D eigenvalue weighted by Crippen LogP contribution is 2.28. The first-order valence-corrected chi connectivity index (χ1v) is 9.13. The number of nitrogens with one attached hydrogen (secondary N) is 1. The van der Waals surface area contributed by atoms with Gasteiger partial charge in [-0.3, -0.25) is 19.3 Å². The molecular weight excluding hydrogens is 362 g/mol. The number of carbonyl (C=O) groups excluding carboxylic acids is 3. The minimum absolute atomic E-state index is 0.248. The number of carbonyl (C=O) groups is 3. The molecule has 0 bridgehead atoms. The van der Waals surface area contributed by atoms with E-state index in [1.165, 1.54) is 11.3 Å². The van der Waals surface area contributed by atoms with Crippen molar-refractivity contribution in [3.63, 3.8) is 0 Å². The number of alkyl halides is 1. The number of amides is 3. The van der Waals surface area contributed by atoms with Crippen LogP contribution in [0, 0.1) is 5.92 Å². The van der Waals surface area contributed by atoms with Gasteiger partial charge in [-0.25, -0.2) is 4.98 Å². The lowest BCUT2D eigenvalue weighted by Gasteiger charge is -2.27. The molecule has 1 unspecified atom stereocenters. The van der Waals surface area contributed by atoms with Crippen LogP contribution >= 0.6 is 22.9 Å². The minimum Gasteiger partial charge on any atom is -0.300 e. The fraction of sp³-hybridized carbons (Fsp3) is 0.294. The zero-order chi connectivity index (χ0) is 18.1. The van der Waals surface area contributed by atoms with E-state index in [1.807, 2.05) is 0 Å². The van der Waals surface area contributed by atoms with Gasteiger partial charge in [-0.05, 0) is 18.1 Å². The number of halogens is 1. The van der Waals surface area contributed by atoms with Gasteiger partial charge in [0, 0.05) is 5.38 Å². The van der Waals surface area contributed by atoms with Gasteiger partial charge in [0.05, 0.1) is 22.7 Å². The third-order valence-corrected chi connectivity index (χ3v) is 5.00. The molecule has 1 aliphatic heterocycles. The molecule has 0 fully saturated rings. The highest BCUT2D eigenvalue weighted by Gasteiger charge is 2.44. The Bertz CT molecular complexity index is 814. The smallest absolute Gasteiger partial charge is 0.262 e. The molecule has 0 spiro atoms. The zero-order valence-electron chi connectivity index (χ0n) is 13.7. The number of nitrogens with zero attached hydrogens (tertiary/aromatic N) is 2. The third-order valence-electron chi connectivity index (χ3n) is 3.92. The summed E-state index contributed by atoms with van der Waals surface area (Å²) in [5.74, 6) is -1.35. The maximum Gasteiger partial charge on any atom is 0.262 e. The first kappa shape index (κ1) is 17.6. The quantitative estimate of drug-likeness (QED) is 0.641. The molecule has 0 radical (unpaired) electrons. The second kappa shape index (κ2) is 6.93. The van der Waals surface area contributed by atoms with Gasteiger partial charge in [0.2, 0.25) is 5.91 Å². The Morgan fingerprint density at radius 3 is 2.32 bits per heavy atom. The van der Waals surface area contributed by atoms with Crippen molar-refractivity contribution in [3.8, 4) is 0 Å². The minimum atomic E-state index is -0.921. The summed E-state index contributed by atoms with van der Waals surface area (Å²) in [6.07, 6.45) is 0. The Labute approximate surface area is 153 Å². The first-order chi connectivity index (χ1) is 11.9. The molecule has 0 saturated carbocycles. The predicted octanol–water partition coefficient (Wildman–Crippen LogP) is 3.14. The van der Waals surface area contributed by atoms with Crippen LogP contribution in [0.25, 0.3) is 0 Å². The molecule has 25 heavy (non-hydrogen) atoms. The van der Waals surface area contributed by atoms with E-state index in [0.29, 0.717) is 22.0 Å². The van der Waals surface area contributed by atoms with E-state index in [1.54, 1.807) is 43.5 Å². The SMILES string of the molecule is CC(C)C(C(=O)Nc1nc(CCl)cs1)N1C(=O)c2ccccc2C1=O. The summed E-state index contributed by atoms with van der Waals surface area (Å²) in [6, 6.07) is 5.66. The average Bonchev–Trinajstić information content (AvgIpc) is 3.13. The summed E-state index contributed by atoms with van der Waals surface area (Å²) in [7, 11) is 0. The fourth-order valence-electron chi connectivity index (χ4n) is 2.78. The van der Waals surface area contributed by atoms with Gasteiger partial charge >= 0.3 is 0 Å². The maximum atomic E-state index is 12.8. The summed E-state index contributed by atoms with van der Waals surface area (Å²) in [4.78, 5) is 43.3. The number of benzene rings is 1. The summed E-state index contributed by atoms with van der Waals surface area (Å²) in [5, 5.41) is 4.82. The Balaban J connectivity index is 1.88. The van der Waals surface area contributed by atoms with E-state index in [4.69, 9.17) is 11.6 Å². The van der Waals surface area contributed by atoms with Crippen LogP contribution in [-0.2, 0) is 10.7 Å². The standard InChI is InChI=1S/C17H16ClN3O3S/c1-9(2)13(14(22)20-17-19-10(7-18)8-25-17)21-15(23)11-5-3-4-6-12(11)16(21)24/h3-6,8-9,13H,7H2,1-2H3,(H,19,20,22). The van der Waals surface area contributed by atoms with Crippen molar-refractivity contribution < 1.29 is 14.4 Å². The number of fused-ring (bicyclic) bond motifs is 1. The molecule has 2 heterocycles. The van der Waals surface area contributed by atoms with E-state index in [0.717, 1.165) is 4.90 Å². The van der Waals surface area contributed by atoms with Crippen molar-refractivity contribution >= 4 is 45.8 Å². The number of hydrogen-bond donors (Lipinski definition) is 1. The number of thiazole rings is 1. The Hall–Kier alpha value is -2.25. The second-order valence-electron chi connectivity index (χ2n) is 5.98. The predicted molar refractivity (Wildman–Crippen MR) is 95.9 cm³/mol. The number of anilines is 1. The van der Waals surface area contributed by atoms with Crippen molar-refractivity contribution in [1.82, 2.24) is 9.88 Å². The van der Waals surface area contributed by atoms with Gasteiger partial charge < -0.3 is 5.32 Å². The van der Waals surface area contributed by atoms with Crippen molar-refractivity contribution in [2.45, 2.75) is 25.8 Å². The van der Waals surface area contributed by atoms with Gasteiger partial charge in [-0.1, -0.05) is 26.0 Å². The molecule has 1 aromatic heterocycles. The molecule has 8 heteroatoms. The van der Waals surface area contributed by atoms with E-state index < -0.39 is 23.8 Å². The molecule has 1 aliphatic rings. The van der Waals surface area contributed by atoms with Crippen molar-refractivity contribution in [1.29, 1.82) is 0 Å². The van der Waals surface area contributed by atoms with Crippen LogP contribution in [0.4, 0.5) is 5.13 Å². The molecule has 3 amide bonds. The summed E-state index contributed by atoms with van der Waals surface area (Å²) in [5.41, 5.74) is 1.30. The van der Waals surface area contributed by atoms with Crippen molar-refractivity contribution in [3.05, 3.63) is 46.5 Å². The maximum absolute atomic E-state index is 12.8. The molecule has 1 aromatic carbocycles. The Kier molecular flexibility index (Phi) is 4.87. The lowest BCUT2D eigenvalue weighted by molar-refractivity contribution is -0.121. The van der Waals surface area contributed by atoms with E-state index in [2.05, 4.69) is 10.3 Å². The molecule has 1 atom stereocenters. The van der Waals surface area contributed by atoms with Crippen LogP contribution in [0.3, 0.4) is 0 Å². The van der Waals surface area contributed by atoms with Crippen LogP contribution in [0.1, 0.15) is 40.3 Å². The second-order valence-corrected chi connectivity index (χ2v) is 7.11. The third kappa shape index (κ3) is 3.17. The molecular formula is C17H16ClN3O3S. The molecule has 3 rings (SSSR count). The average molecular weight is 378 g/mol. The number of rotatable bonds is 5. The summed E-state index contributed by atoms with van der Waals surface area (Å²) in [6.45, 7) is 3.58. The summed E-state index contributed by atoms with van der Waals surface area (Å²) >= 11 is 6.96. The topological polar surface area (TPSA) is 79.4 Å². The highest BCUT2D eigenvalue weighted by molar-refractivity contribution is 7.14. The van der Waals surface area contributed by atoms with Crippen molar-refractivity contribution in [2.24, 2.45) is 5.92 Å². The summed E-state index contributed by atoms with van der Waals surface area (Å²) < 4.78 is 0. The highest BCUT2D eigenvalue weighted by atomic mass is 35.5.